The highest BCUT2D eigenvalue weighted by molar-refractivity contribution is 9.10. The number of rotatable bonds is 1. The first-order valence-corrected chi connectivity index (χ1v) is 3.79. The summed E-state index contributed by atoms with van der Waals surface area (Å²) in [6.07, 6.45) is 6.53. The molecular weight excluding hydrogens is 204 g/mol. The quantitative estimate of drug-likeness (QED) is 0.665. The molecule has 0 atom stereocenters. The molecular formula is C8H5BrN2. The van der Waals surface area contributed by atoms with Crippen LogP contribution in [-0.4, -0.2) is 4.98 Å². The van der Waals surface area contributed by atoms with E-state index >= 15 is 0 Å². The molecule has 1 heterocycles. The summed E-state index contributed by atoms with van der Waals surface area (Å²) in [5.41, 5.74) is 0.960. The van der Waals surface area contributed by atoms with Crippen LogP contribution in [0.15, 0.2) is 29.0 Å². The highest BCUT2D eigenvalue weighted by Gasteiger charge is 1.91. The second-order valence-electron chi connectivity index (χ2n) is 1.86. The van der Waals surface area contributed by atoms with Crippen molar-refractivity contribution in [3.05, 3.63) is 34.6 Å². The van der Waals surface area contributed by atoms with Gasteiger partial charge in [-0.05, 0) is 33.6 Å². The second kappa shape index (κ2) is 3.89. The fraction of sp³-hybridized carbons (Fsp3) is 0. The topological polar surface area (TPSA) is 36.7 Å². The van der Waals surface area contributed by atoms with Gasteiger partial charge in [0.2, 0.25) is 0 Å². The Morgan fingerprint density at radius 1 is 1.64 bits per heavy atom. The number of halogens is 1. The molecule has 0 fully saturated rings. The predicted molar refractivity (Wildman–Crippen MR) is 46.6 cm³/mol. The average molecular weight is 209 g/mol. The van der Waals surface area contributed by atoms with E-state index in [0.717, 1.165) is 10.0 Å². The van der Waals surface area contributed by atoms with Crippen molar-refractivity contribution in [2.24, 2.45) is 0 Å². The van der Waals surface area contributed by atoms with E-state index in [1.807, 2.05) is 12.1 Å². The van der Waals surface area contributed by atoms with E-state index in [9.17, 15) is 0 Å². The van der Waals surface area contributed by atoms with Crippen molar-refractivity contribution in [3.8, 4) is 6.07 Å². The number of nitriles is 1. The van der Waals surface area contributed by atoms with Crippen molar-refractivity contribution in [2.45, 2.75) is 0 Å². The summed E-state index contributed by atoms with van der Waals surface area (Å²) in [7, 11) is 0. The molecule has 54 valence electrons. The monoisotopic (exact) mass is 208 g/mol. The Hall–Kier alpha value is -1.14. The minimum atomic E-state index is 0.895. The fourth-order valence-electron chi connectivity index (χ4n) is 0.648. The third-order valence-corrected chi connectivity index (χ3v) is 1.80. The molecule has 0 radical (unpaired) electrons. The molecule has 0 aliphatic rings. The van der Waals surface area contributed by atoms with Crippen molar-refractivity contribution >= 4 is 22.0 Å². The van der Waals surface area contributed by atoms with E-state index in [2.05, 4.69) is 20.9 Å². The van der Waals surface area contributed by atoms with Crippen LogP contribution in [0, 0.1) is 11.3 Å². The smallest absolute Gasteiger partial charge is 0.0912 e. The molecule has 2 nitrogen and oxygen atoms in total. The van der Waals surface area contributed by atoms with Crippen molar-refractivity contribution in [3.63, 3.8) is 0 Å². The van der Waals surface area contributed by atoms with Gasteiger partial charge in [-0.2, -0.15) is 5.26 Å². The zero-order valence-corrected chi connectivity index (χ0v) is 7.25. The summed E-state index contributed by atoms with van der Waals surface area (Å²) in [5.74, 6) is 0. The van der Waals surface area contributed by atoms with Crippen molar-refractivity contribution in [2.75, 3.05) is 0 Å². The number of allylic oxidation sites excluding steroid dienone is 1. The highest BCUT2D eigenvalue weighted by atomic mass is 79.9. The highest BCUT2D eigenvalue weighted by Crippen LogP contribution is 2.15. The molecule has 0 spiro atoms. The summed E-state index contributed by atoms with van der Waals surface area (Å²) >= 11 is 3.30. The van der Waals surface area contributed by atoms with E-state index < -0.39 is 0 Å². The maximum absolute atomic E-state index is 8.25. The maximum Gasteiger partial charge on any atom is 0.0912 e. The van der Waals surface area contributed by atoms with Gasteiger partial charge < -0.3 is 0 Å². The van der Waals surface area contributed by atoms with Gasteiger partial charge in [-0.15, -0.1) is 0 Å². The number of nitrogens with zero attached hydrogens (tertiary/aromatic N) is 2. The Balaban J connectivity index is 2.97. The number of pyridine rings is 1. The molecule has 11 heavy (non-hydrogen) atoms. The van der Waals surface area contributed by atoms with E-state index in [4.69, 9.17) is 5.26 Å². The van der Waals surface area contributed by atoms with E-state index in [-0.39, 0.29) is 0 Å². The van der Waals surface area contributed by atoms with Crippen molar-refractivity contribution < 1.29 is 0 Å². The maximum atomic E-state index is 8.25. The Morgan fingerprint density at radius 2 is 2.45 bits per heavy atom. The number of aromatic nitrogens is 1. The fourth-order valence-corrected chi connectivity index (χ4v) is 1.03. The third kappa shape index (κ3) is 2.17. The normalized spacial score (nSPS) is 9.82. The largest absolute Gasteiger partial charge is 0.264 e. The molecule has 0 aromatic carbocycles. The van der Waals surface area contributed by atoms with Gasteiger partial charge in [0.15, 0.2) is 0 Å². The van der Waals surface area contributed by atoms with Crippen LogP contribution in [0.4, 0.5) is 0 Å². The Kier molecular flexibility index (Phi) is 2.82. The summed E-state index contributed by atoms with van der Waals surface area (Å²) < 4.78 is 0.895. The Morgan fingerprint density at radius 3 is 3.09 bits per heavy atom. The lowest BCUT2D eigenvalue weighted by molar-refractivity contribution is 1.30. The minimum absolute atomic E-state index is 0.895. The number of hydrogen-bond acceptors (Lipinski definition) is 2. The lowest BCUT2D eigenvalue weighted by Gasteiger charge is -1.93. The molecule has 0 aliphatic heterocycles. The van der Waals surface area contributed by atoms with Gasteiger partial charge in [-0.1, -0.05) is 0 Å². The lowest BCUT2D eigenvalue weighted by atomic mass is 10.2. The van der Waals surface area contributed by atoms with E-state index in [1.165, 1.54) is 6.08 Å². The summed E-state index contributed by atoms with van der Waals surface area (Å²) in [6, 6.07) is 3.75. The van der Waals surface area contributed by atoms with Crippen molar-refractivity contribution in [1.29, 1.82) is 5.26 Å². The molecule has 1 aromatic rings. The minimum Gasteiger partial charge on any atom is -0.264 e. The van der Waals surface area contributed by atoms with Gasteiger partial charge in [-0.25, -0.2) is 0 Å². The molecule has 0 bridgehead atoms. The van der Waals surface area contributed by atoms with Gasteiger partial charge in [0.1, 0.15) is 0 Å². The molecule has 1 aromatic heterocycles. The van der Waals surface area contributed by atoms with Crippen molar-refractivity contribution in [1.82, 2.24) is 4.98 Å². The van der Waals surface area contributed by atoms with Gasteiger partial charge in [0.25, 0.3) is 0 Å². The molecule has 0 N–H and O–H groups in total. The van der Waals surface area contributed by atoms with E-state index in [1.54, 1.807) is 18.5 Å². The van der Waals surface area contributed by atoms with E-state index in [0.29, 0.717) is 0 Å². The first-order valence-electron chi connectivity index (χ1n) is 3.00. The van der Waals surface area contributed by atoms with Crippen LogP contribution in [0.1, 0.15) is 5.56 Å². The molecule has 1 rings (SSSR count). The van der Waals surface area contributed by atoms with Crippen LogP contribution in [0.3, 0.4) is 0 Å². The van der Waals surface area contributed by atoms with Crippen LogP contribution >= 0.6 is 15.9 Å². The molecule has 0 unspecified atom stereocenters. The molecule has 0 saturated heterocycles. The lowest BCUT2D eigenvalue weighted by Crippen LogP contribution is -1.76. The standard InChI is InChI=1S/C8H5BrN2/c9-8-6-11-5-3-7(8)2-1-4-10/h1-3,5-6H. The van der Waals surface area contributed by atoms with Crippen LogP contribution in [0.25, 0.3) is 6.08 Å². The summed E-state index contributed by atoms with van der Waals surface area (Å²) in [5, 5.41) is 8.25. The first kappa shape index (κ1) is 7.96. The third-order valence-electron chi connectivity index (χ3n) is 1.14. The first-order chi connectivity index (χ1) is 5.34. The zero-order valence-electron chi connectivity index (χ0n) is 5.66. The Bertz CT molecular complexity index is 312. The molecule has 0 saturated carbocycles. The SMILES string of the molecule is N#CC=Cc1ccncc1Br. The van der Waals surface area contributed by atoms with Crippen LogP contribution in [0.5, 0.6) is 0 Å². The Labute approximate surface area is 73.3 Å². The summed E-state index contributed by atoms with van der Waals surface area (Å²) in [6.45, 7) is 0. The van der Waals surface area contributed by atoms with Crippen LogP contribution in [-0.2, 0) is 0 Å². The van der Waals surface area contributed by atoms with Gasteiger partial charge in [0.05, 0.1) is 6.07 Å². The van der Waals surface area contributed by atoms with Gasteiger partial charge in [-0.3, -0.25) is 4.98 Å². The zero-order chi connectivity index (χ0) is 8.10. The van der Waals surface area contributed by atoms with Crippen LogP contribution in [0.2, 0.25) is 0 Å². The van der Waals surface area contributed by atoms with Gasteiger partial charge in [0, 0.05) is 22.9 Å². The predicted octanol–water partition coefficient (Wildman–Crippen LogP) is 2.38. The van der Waals surface area contributed by atoms with Crippen LogP contribution < -0.4 is 0 Å². The number of hydrogen-bond donors (Lipinski definition) is 0. The average Bonchev–Trinajstić information content (AvgIpc) is 2.03. The molecule has 3 heteroatoms. The molecule has 0 amide bonds. The second-order valence-corrected chi connectivity index (χ2v) is 2.71. The molecule has 0 aliphatic carbocycles. The summed E-state index contributed by atoms with van der Waals surface area (Å²) in [4.78, 5) is 3.89. The van der Waals surface area contributed by atoms with Gasteiger partial charge >= 0.3 is 0 Å².